The average molecular weight is 266 g/mol. The third-order valence-corrected chi connectivity index (χ3v) is 2.27. The molecule has 2 amide bonds. The summed E-state index contributed by atoms with van der Waals surface area (Å²) in [6.07, 6.45) is 0.206. The van der Waals surface area contributed by atoms with Crippen molar-refractivity contribution in [3.05, 3.63) is 23.9 Å². The van der Waals surface area contributed by atoms with Gasteiger partial charge in [-0.15, -0.1) is 0 Å². The number of anilines is 1. The minimum Gasteiger partial charge on any atom is -0.384 e. The molecule has 0 atom stereocenters. The molecule has 7 heteroatoms. The zero-order valence-corrected chi connectivity index (χ0v) is 10.8. The predicted octanol–water partition coefficient (Wildman–Crippen LogP) is -0.454. The zero-order chi connectivity index (χ0) is 14.1. The second kappa shape index (κ2) is 8.04. The van der Waals surface area contributed by atoms with Gasteiger partial charge in [-0.3, -0.25) is 9.59 Å². The van der Waals surface area contributed by atoms with Gasteiger partial charge in [0.05, 0.1) is 6.61 Å². The molecule has 0 unspecified atom stereocenters. The number of ether oxygens (including phenoxy) is 1. The van der Waals surface area contributed by atoms with Crippen LogP contribution in [-0.2, 0) is 9.53 Å². The number of nitrogen functional groups attached to an aromatic ring is 1. The van der Waals surface area contributed by atoms with Gasteiger partial charge in [0.1, 0.15) is 11.5 Å². The van der Waals surface area contributed by atoms with Gasteiger partial charge in [-0.1, -0.05) is 6.07 Å². The standard InChI is InChI=1S/C12H18N4O3/c1-19-8-7-14-11(17)5-6-15-12(18)9-3-2-4-10(13)16-9/h2-4H,5-8H2,1H3,(H2,13,16)(H,14,17)(H,15,18). The van der Waals surface area contributed by atoms with Gasteiger partial charge >= 0.3 is 0 Å². The van der Waals surface area contributed by atoms with E-state index in [1.54, 1.807) is 25.3 Å². The maximum Gasteiger partial charge on any atom is 0.269 e. The van der Waals surface area contributed by atoms with Crippen LogP contribution in [0, 0.1) is 0 Å². The molecule has 19 heavy (non-hydrogen) atoms. The van der Waals surface area contributed by atoms with E-state index in [1.807, 2.05) is 0 Å². The van der Waals surface area contributed by atoms with E-state index in [0.29, 0.717) is 13.2 Å². The van der Waals surface area contributed by atoms with Gasteiger partial charge in [-0.05, 0) is 12.1 Å². The molecule has 0 bridgehead atoms. The Labute approximate surface area is 111 Å². The minimum absolute atomic E-state index is 0.141. The molecule has 0 saturated heterocycles. The van der Waals surface area contributed by atoms with Crippen molar-refractivity contribution in [2.45, 2.75) is 6.42 Å². The third-order valence-electron chi connectivity index (χ3n) is 2.27. The van der Waals surface area contributed by atoms with Crippen LogP contribution >= 0.6 is 0 Å². The Morgan fingerprint density at radius 3 is 2.79 bits per heavy atom. The lowest BCUT2D eigenvalue weighted by Gasteiger charge is -2.06. The van der Waals surface area contributed by atoms with Gasteiger partial charge in [0.2, 0.25) is 5.91 Å². The van der Waals surface area contributed by atoms with Gasteiger partial charge in [0.25, 0.3) is 5.91 Å². The number of nitrogens with two attached hydrogens (primary N) is 1. The molecule has 0 radical (unpaired) electrons. The Bertz CT molecular complexity index is 437. The van der Waals surface area contributed by atoms with Crippen LogP contribution in [-0.4, -0.2) is 43.6 Å². The Kier molecular flexibility index (Phi) is 6.31. The molecular formula is C12H18N4O3. The first-order valence-corrected chi connectivity index (χ1v) is 5.90. The Balaban J connectivity index is 2.25. The summed E-state index contributed by atoms with van der Waals surface area (Å²) in [7, 11) is 1.56. The number of carbonyl (C=O) groups excluding carboxylic acids is 2. The van der Waals surface area contributed by atoms with Crippen molar-refractivity contribution in [3.8, 4) is 0 Å². The lowest BCUT2D eigenvalue weighted by Crippen LogP contribution is -2.32. The van der Waals surface area contributed by atoms with Crippen LogP contribution in [0.2, 0.25) is 0 Å². The molecule has 0 aliphatic carbocycles. The highest BCUT2D eigenvalue weighted by Crippen LogP contribution is 1.99. The van der Waals surface area contributed by atoms with E-state index in [4.69, 9.17) is 10.5 Å². The normalized spacial score (nSPS) is 9.95. The number of nitrogens with one attached hydrogen (secondary N) is 2. The van der Waals surface area contributed by atoms with Crippen LogP contribution in [0.3, 0.4) is 0 Å². The predicted molar refractivity (Wildman–Crippen MR) is 70.5 cm³/mol. The molecule has 0 aromatic carbocycles. The number of amides is 2. The molecule has 0 fully saturated rings. The van der Waals surface area contributed by atoms with Crippen molar-refractivity contribution in [3.63, 3.8) is 0 Å². The Morgan fingerprint density at radius 1 is 1.32 bits per heavy atom. The fourth-order valence-electron chi connectivity index (χ4n) is 1.34. The number of carbonyl (C=O) groups is 2. The van der Waals surface area contributed by atoms with Crippen molar-refractivity contribution in [2.75, 3.05) is 32.5 Å². The van der Waals surface area contributed by atoms with Crippen molar-refractivity contribution >= 4 is 17.6 Å². The summed E-state index contributed by atoms with van der Waals surface area (Å²) < 4.78 is 4.80. The van der Waals surface area contributed by atoms with Crippen LogP contribution in [0.4, 0.5) is 5.82 Å². The molecule has 7 nitrogen and oxygen atoms in total. The fraction of sp³-hybridized carbons (Fsp3) is 0.417. The topological polar surface area (TPSA) is 106 Å². The van der Waals surface area contributed by atoms with Crippen LogP contribution in [0.15, 0.2) is 18.2 Å². The highest BCUT2D eigenvalue weighted by Gasteiger charge is 2.07. The van der Waals surface area contributed by atoms with Gasteiger partial charge in [0, 0.05) is 26.6 Å². The summed E-state index contributed by atoms with van der Waals surface area (Å²) in [5.41, 5.74) is 5.71. The molecule has 0 saturated carbocycles. The van der Waals surface area contributed by atoms with Crippen LogP contribution in [0.25, 0.3) is 0 Å². The van der Waals surface area contributed by atoms with Gasteiger partial charge in [-0.2, -0.15) is 0 Å². The summed E-state index contributed by atoms with van der Waals surface area (Å²) in [5, 5.41) is 5.25. The molecule has 0 spiro atoms. The first-order valence-electron chi connectivity index (χ1n) is 5.90. The van der Waals surface area contributed by atoms with E-state index in [1.165, 1.54) is 0 Å². The largest absolute Gasteiger partial charge is 0.384 e. The molecule has 4 N–H and O–H groups in total. The summed E-state index contributed by atoms with van der Waals surface area (Å²) in [6, 6.07) is 4.80. The number of rotatable bonds is 7. The Hall–Kier alpha value is -2.15. The SMILES string of the molecule is COCCNC(=O)CCNC(=O)c1cccc(N)n1. The summed E-state index contributed by atoms with van der Waals surface area (Å²) in [6.45, 7) is 1.17. The van der Waals surface area contributed by atoms with E-state index in [0.717, 1.165) is 0 Å². The number of hydrogen-bond acceptors (Lipinski definition) is 5. The number of hydrogen-bond donors (Lipinski definition) is 3. The molecule has 1 aromatic heterocycles. The molecule has 1 rings (SSSR count). The molecule has 1 heterocycles. The van der Waals surface area contributed by atoms with Gasteiger partial charge in [0.15, 0.2) is 0 Å². The van der Waals surface area contributed by atoms with E-state index < -0.39 is 0 Å². The van der Waals surface area contributed by atoms with E-state index >= 15 is 0 Å². The minimum atomic E-state index is -0.350. The first-order chi connectivity index (χ1) is 9.13. The molecule has 104 valence electrons. The molecule has 0 aliphatic rings. The van der Waals surface area contributed by atoms with Crippen molar-refractivity contribution in [1.82, 2.24) is 15.6 Å². The number of methoxy groups -OCH3 is 1. The number of pyridine rings is 1. The molecular weight excluding hydrogens is 248 g/mol. The smallest absolute Gasteiger partial charge is 0.269 e. The second-order valence-corrected chi connectivity index (χ2v) is 3.80. The highest BCUT2D eigenvalue weighted by molar-refractivity contribution is 5.92. The summed E-state index contributed by atoms with van der Waals surface area (Å²) >= 11 is 0. The van der Waals surface area contributed by atoms with Gasteiger partial charge in [-0.25, -0.2) is 4.98 Å². The van der Waals surface area contributed by atoms with Crippen LogP contribution < -0.4 is 16.4 Å². The second-order valence-electron chi connectivity index (χ2n) is 3.80. The maximum atomic E-state index is 11.7. The molecule has 0 aliphatic heterocycles. The lowest BCUT2D eigenvalue weighted by molar-refractivity contribution is -0.121. The van der Waals surface area contributed by atoms with Crippen LogP contribution in [0.1, 0.15) is 16.9 Å². The average Bonchev–Trinajstić information content (AvgIpc) is 2.39. The maximum absolute atomic E-state index is 11.7. The van der Waals surface area contributed by atoms with Crippen molar-refractivity contribution in [2.24, 2.45) is 0 Å². The van der Waals surface area contributed by atoms with Crippen molar-refractivity contribution in [1.29, 1.82) is 0 Å². The van der Waals surface area contributed by atoms with E-state index in [9.17, 15) is 9.59 Å². The summed E-state index contributed by atoms with van der Waals surface area (Å²) in [4.78, 5) is 26.9. The van der Waals surface area contributed by atoms with Crippen molar-refractivity contribution < 1.29 is 14.3 Å². The first kappa shape index (κ1) is 14.9. The number of nitrogens with zero attached hydrogens (tertiary/aromatic N) is 1. The van der Waals surface area contributed by atoms with Gasteiger partial charge < -0.3 is 21.1 Å². The van der Waals surface area contributed by atoms with Crippen LogP contribution in [0.5, 0.6) is 0 Å². The van der Waals surface area contributed by atoms with E-state index in [-0.39, 0.29) is 36.3 Å². The lowest BCUT2D eigenvalue weighted by atomic mass is 10.3. The third kappa shape index (κ3) is 5.82. The number of aromatic nitrogens is 1. The quantitative estimate of drug-likeness (QED) is 0.579. The monoisotopic (exact) mass is 266 g/mol. The van der Waals surface area contributed by atoms with E-state index in [2.05, 4.69) is 15.6 Å². The highest BCUT2D eigenvalue weighted by atomic mass is 16.5. The summed E-state index contributed by atoms with van der Waals surface area (Å²) in [5.74, 6) is -0.208. The Morgan fingerprint density at radius 2 is 2.11 bits per heavy atom. The fourth-order valence-corrected chi connectivity index (χ4v) is 1.34. The zero-order valence-electron chi connectivity index (χ0n) is 10.8. The molecule has 1 aromatic rings.